The summed E-state index contributed by atoms with van der Waals surface area (Å²) in [6.07, 6.45) is 4.85. The lowest BCUT2D eigenvalue weighted by Gasteiger charge is -2.26. The van der Waals surface area contributed by atoms with Gasteiger partial charge in [0.1, 0.15) is 5.75 Å². The smallest absolute Gasteiger partial charge is 0.253 e. The van der Waals surface area contributed by atoms with E-state index in [-0.39, 0.29) is 11.7 Å². The zero-order chi connectivity index (χ0) is 14.8. The molecule has 2 aliphatic rings. The van der Waals surface area contributed by atoms with Crippen molar-refractivity contribution in [3.63, 3.8) is 0 Å². The van der Waals surface area contributed by atoms with Crippen LogP contribution in [0, 0.1) is 12.8 Å². The standard InChI is InChI=1S/C17H24N2O2/c1-12-9-14(6-7-16(12)20)17(21)19(10-13-4-5-13)11-15-3-2-8-18-15/h6-7,9,13,15,18,20H,2-5,8,10-11H2,1H3. The molecule has 1 amide bonds. The molecular weight excluding hydrogens is 264 g/mol. The maximum Gasteiger partial charge on any atom is 0.253 e. The molecule has 1 aliphatic carbocycles. The van der Waals surface area contributed by atoms with Gasteiger partial charge < -0.3 is 15.3 Å². The van der Waals surface area contributed by atoms with Gasteiger partial charge in [-0.3, -0.25) is 4.79 Å². The van der Waals surface area contributed by atoms with E-state index in [2.05, 4.69) is 5.32 Å². The van der Waals surface area contributed by atoms with Crippen LogP contribution in [0.15, 0.2) is 18.2 Å². The summed E-state index contributed by atoms with van der Waals surface area (Å²) in [5, 5.41) is 13.1. The number of phenols is 1. The van der Waals surface area contributed by atoms with E-state index in [0.717, 1.165) is 31.6 Å². The monoisotopic (exact) mass is 288 g/mol. The van der Waals surface area contributed by atoms with Crippen LogP contribution >= 0.6 is 0 Å². The van der Waals surface area contributed by atoms with E-state index in [9.17, 15) is 9.90 Å². The molecule has 1 atom stereocenters. The molecule has 1 aromatic rings. The molecule has 2 fully saturated rings. The summed E-state index contributed by atoms with van der Waals surface area (Å²) in [6.45, 7) is 4.57. The second kappa shape index (κ2) is 6.06. The van der Waals surface area contributed by atoms with E-state index >= 15 is 0 Å². The Bertz CT molecular complexity index is 520. The van der Waals surface area contributed by atoms with E-state index < -0.39 is 0 Å². The molecule has 2 N–H and O–H groups in total. The Morgan fingerprint density at radius 1 is 1.33 bits per heavy atom. The molecule has 1 aromatic carbocycles. The molecule has 114 valence electrons. The minimum atomic E-state index is 0.0960. The summed E-state index contributed by atoms with van der Waals surface area (Å²) in [7, 11) is 0. The maximum atomic E-state index is 12.8. The van der Waals surface area contributed by atoms with E-state index in [1.165, 1.54) is 19.3 Å². The van der Waals surface area contributed by atoms with Crippen LogP contribution in [-0.2, 0) is 0 Å². The highest BCUT2D eigenvalue weighted by molar-refractivity contribution is 5.94. The van der Waals surface area contributed by atoms with Crippen LogP contribution in [0.2, 0.25) is 0 Å². The molecule has 1 aliphatic heterocycles. The Morgan fingerprint density at radius 2 is 2.14 bits per heavy atom. The van der Waals surface area contributed by atoms with E-state index in [0.29, 0.717) is 17.5 Å². The van der Waals surface area contributed by atoms with Crippen LogP contribution in [0.5, 0.6) is 5.75 Å². The third-order valence-corrected chi connectivity index (χ3v) is 4.51. The van der Waals surface area contributed by atoms with Gasteiger partial charge in [-0.05, 0) is 68.8 Å². The summed E-state index contributed by atoms with van der Waals surface area (Å²) in [6, 6.07) is 5.57. The number of hydrogen-bond acceptors (Lipinski definition) is 3. The van der Waals surface area contributed by atoms with Gasteiger partial charge in [-0.15, -0.1) is 0 Å². The highest BCUT2D eigenvalue weighted by Gasteiger charge is 2.29. The number of nitrogens with zero attached hydrogens (tertiary/aromatic N) is 1. The number of aromatic hydroxyl groups is 1. The fourth-order valence-electron chi connectivity index (χ4n) is 3.00. The Kier molecular flexibility index (Phi) is 4.15. The maximum absolute atomic E-state index is 12.8. The largest absolute Gasteiger partial charge is 0.508 e. The highest BCUT2D eigenvalue weighted by Crippen LogP contribution is 2.30. The number of nitrogens with one attached hydrogen (secondary N) is 1. The average Bonchev–Trinajstić information content (AvgIpc) is 3.14. The van der Waals surface area contributed by atoms with Crippen molar-refractivity contribution < 1.29 is 9.90 Å². The summed E-state index contributed by atoms with van der Waals surface area (Å²) < 4.78 is 0. The molecule has 1 saturated carbocycles. The summed E-state index contributed by atoms with van der Waals surface area (Å²) in [5.41, 5.74) is 1.44. The van der Waals surface area contributed by atoms with Gasteiger partial charge >= 0.3 is 0 Å². The fourth-order valence-corrected chi connectivity index (χ4v) is 3.00. The first-order valence-electron chi connectivity index (χ1n) is 7.96. The van der Waals surface area contributed by atoms with Gasteiger partial charge in [0.2, 0.25) is 0 Å². The van der Waals surface area contributed by atoms with E-state index in [1.807, 2.05) is 11.8 Å². The Balaban J connectivity index is 1.73. The average molecular weight is 288 g/mol. The first-order valence-corrected chi connectivity index (χ1v) is 7.96. The molecule has 21 heavy (non-hydrogen) atoms. The quantitative estimate of drug-likeness (QED) is 0.874. The topological polar surface area (TPSA) is 52.6 Å². The molecule has 0 radical (unpaired) electrons. The highest BCUT2D eigenvalue weighted by atomic mass is 16.3. The Morgan fingerprint density at radius 3 is 2.76 bits per heavy atom. The van der Waals surface area contributed by atoms with Crippen molar-refractivity contribution in [2.45, 2.75) is 38.6 Å². The second-order valence-electron chi connectivity index (χ2n) is 6.45. The fraction of sp³-hybridized carbons (Fsp3) is 0.588. The molecule has 0 bridgehead atoms. The minimum Gasteiger partial charge on any atom is -0.508 e. The first-order chi connectivity index (χ1) is 10.1. The summed E-state index contributed by atoms with van der Waals surface area (Å²) >= 11 is 0. The van der Waals surface area contributed by atoms with Gasteiger partial charge in [-0.25, -0.2) is 0 Å². The molecule has 0 aromatic heterocycles. The van der Waals surface area contributed by atoms with Gasteiger partial charge in [0.25, 0.3) is 5.91 Å². The van der Waals surface area contributed by atoms with Crippen LogP contribution in [0.25, 0.3) is 0 Å². The van der Waals surface area contributed by atoms with Gasteiger partial charge in [0.15, 0.2) is 0 Å². The number of amides is 1. The molecule has 3 rings (SSSR count). The van der Waals surface area contributed by atoms with Crippen molar-refractivity contribution in [1.29, 1.82) is 0 Å². The molecular formula is C17H24N2O2. The number of phenolic OH excluding ortho intramolecular Hbond substituents is 1. The van der Waals surface area contributed by atoms with Gasteiger partial charge in [-0.2, -0.15) is 0 Å². The zero-order valence-corrected chi connectivity index (χ0v) is 12.6. The lowest BCUT2D eigenvalue weighted by molar-refractivity contribution is 0.0733. The van der Waals surface area contributed by atoms with Crippen molar-refractivity contribution in [2.75, 3.05) is 19.6 Å². The van der Waals surface area contributed by atoms with Gasteiger partial charge in [0.05, 0.1) is 0 Å². The van der Waals surface area contributed by atoms with E-state index in [4.69, 9.17) is 0 Å². The third-order valence-electron chi connectivity index (χ3n) is 4.51. The second-order valence-corrected chi connectivity index (χ2v) is 6.45. The van der Waals surface area contributed by atoms with Crippen LogP contribution in [-0.4, -0.2) is 41.6 Å². The minimum absolute atomic E-state index is 0.0960. The number of benzene rings is 1. The number of carbonyl (C=O) groups is 1. The number of carbonyl (C=O) groups excluding carboxylic acids is 1. The van der Waals surface area contributed by atoms with Crippen molar-refractivity contribution in [3.05, 3.63) is 29.3 Å². The summed E-state index contributed by atoms with van der Waals surface area (Å²) in [5.74, 6) is 1.03. The predicted molar refractivity (Wildman–Crippen MR) is 82.5 cm³/mol. The van der Waals surface area contributed by atoms with Crippen molar-refractivity contribution in [3.8, 4) is 5.75 Å². The van der Waals surface area contributed by atoms with E-state index in [1.54, 1.807) is 18.2 Å². The molecule has 1 saturated heterocycles. The van der Waals surface area contributed by atoms with Crippen molar-refractivity contribution >= 4 is 5.91 Å². The Labute approximate surface area is 126 Å². The van der Waals surface area contributed by atoms with Crippen LogP contribution in [0.1, 0.15) is 41.6 Å². The van der Waals surface area contributed by atoms with Crippen LogP contribution in [0.4, 0.5) is 0 Å². The zero-order valence-electron chi connectivity index (χ0n) is 12.6. The number of rotatable bonds is 5. The van der Waals surface area contributed by atoms with Gasteiger partial charge in [-0.1, -0.05) is 0 Å². The number of hydrogen-bond donors (Lipinski definition) is 2. The predicted octanol–water partition coefficient (Wildman–Crippen LogP) is 2.30. The van der Waals surface area contributed by atoms with Crippen molar-refractivity contribution in [2.24, 2.45) is 5.92 Å². The lowest BCUT2D eigenvalue weighted by atomic mass is 10.1. The molecule has 0 spiro atoms. The molecule has 4 nitrogen and oxygen atoms in total. The van der Waals surface area contributed by atoms with Crippen molar-refractivity contribution in [1.82, 2.24) is 10.2 Å². The summed E-state index contributed by atoms with van der Waals surface area (Å²) in [4.78, 5) is 14.8. The van der Waals surface area contributed by atoms with Gasteiger partial charge in [0, 0.05) is 24.7 Å². The SMILES string of the molecule is Cc1cc(C(=O)N(CC2CC2)CC2CCCN2)ccc1O. The molecule has 1 unspecified atom stereocenters. The van der Waals surface area contributed by atoms with Crippen LogP contribution < -0.4 is 5.32 Å². The van der Waals surface area contributed by atoms with Crippen LogP contribution in [0.3, 0.4) is 0 Å². The lowest BCUT2D eigenvalue weighted by Crippen LogP contribution is -2.42. The normalized spacial score (nSPS) is 21.5. The Hall–Kier alpha value is -1.55. The molecule has 4 heteroatoms. The molecule has 1 heterocycles. The number of aryl methyl sites for hydroxylation is 1. The third kappa shape index (κ3) is 3.56. The first kappa shape index (κ1) is 14.4.